The van der Waals surface area contributed by atoms with E-state index in [0.717, 1.165) is 48.0 Å². The van der Waals surface area contributed by atoms with Gasteiger partial charge in [-0.2, -0.15) is 0 Å². The first-order valence-electron chi connectivity index (χ1n) is 11.7. The molecule has 4 rings (SSSR count). The number of benzene rings is 1. The van der Waals surface area contributed by atoms with Gasteiger partial charge in [0.1, 0.15) is 5.82 Å². The molecule has 1 saturated carbocycles. The largest absolute Gasteiger partial charge is 0.391 e. The van der Waals surface area contributed by atoms with Crippen molar-refractivity contribution >= 4 is 28.5 Å². The van der Waals surface area contributed by atoms with Crippen LogP contribution in [0.5, 0.6) is 0 Å². The molecule has 8 nitrogen and oxygen atoms in total. The number of hydrogen-bond acceptors (Lipinski definition) is 7. The number of aliphatic hydroxyl groups excluding tert-OH is 1. The molecule has 1 aliphatic heterocycles. The van der Waals surface area contributed by atoms with Gasteiger partial charge in [0.2, 0.25) is 5.82 Å². The van der Waals surface area contributed by atoms with Crippen LogP contribution >= 0.6 is 0 Å². The zero-order valence-corrected chi connectivity index (χ0v) is 19.2. The normalized spacial score (nSPS) is 23.3. The molecule has 1 aliphatic carbocycles. The van der Waals surface area contributed by atoms with Crippen molar-refractivity contribution in [2.24, 2.45) is 10.9 Å². The quantitative estimate of drug-likeness (QED) is 0.552. The molecule has 2 aromatic rings. The molecule has 0 saturated heterocycles. The Morgan fingerprint density at radius 3 is 2.59 bits per heavy atom. The Bertz CT molecular complexity index is 1010. The summed E-state index contributed by atoms with van der Waals surface area (Å²) < 4.78 is 0. The molecule has 172 valence electrons. The van der Waals surface area contributed by atoms with Crippen molar-refractivity contribution in [3.63, 3.8) is 0 Å². The minimum atomic E-state index is -0.381. The monoisotopic (exact) mass is 438 g/mol. The van der Waals surface area contributed by atoms with E-state index in [4.69, 9.17) is 0 Å². The molecule has 0 spiro atoms. The van der Waals surface area contributed by atoms with Gasteiger partial charge >= 0.3 is 0 Å². The number of amidine groups is 1. The van der Waals surface area contributed by atoms with E-state index < -0.39 is 0 Å². The number of nitrogens with zero attached hydrogens (tertiary/aromatic N) is 3. The molecule has 3 atom stereocenters. The first kappa shape index (κ1) is 22.5. The predicted octanol–water partition coefficient (Wildman–Crippen LogP) is 2.80. The predicted molar refractivity (Wildman–Crippen MR) is 127 cm³/mol. The molecule has 4 N–H and O–H groups in total. The maximum Gasteiger partial charge on any atom is 0.289 e. The average Bonchev–Trinajstić information content (AvgIpc) is 3.18. The van der Waals surface area contributed by atoms with Gasteiger partial charge in [-0.15, -0.1) is 0 Å². The standard InChI is InChI=1S/C24H34N6O2/c1-14(2)12-26-24(32)23-28-18-9-8-15(3)10-17(18)22(30-23)29-20-7-5-4-6-19(20)27-21-11-16(31)13-25-21/h8-10,14,16,19-20,31H,4-7,11-13H2,1-3H3,(H,25,27)(H,26,32)(H,28,29,30)/t16-,19+,20-/m0/s1. The van der Waals surface area contributed by atoms with Gasteiger partial charge in [0, 0.05) is 30.4 Å². The Hall–Kier alpha value is -2.74. The summed E-state index contributed by atoms with van der Waals surface area (Å²) in [6.07, 6.45) is 4.51. The molecule has 1 amide bonds. The van der Waals surface area contributed by atoms with Crippen molar-refractivity contribution in [2.45, 2.75) is 71.1 Å². The third kappa shape index (κ3) is 5.35. The van der Waals surface area contributed by atoms with Gasteiger partial charge in [0.05, 0.1) is 24.0 Å². The number of aromatic nitrogens is 2. The molecule has 1 aromatic heterocycles. The maximum atomic E-state index is 12.7. The van der Waals surface area contributed by atoms with Crippen molar-refractivity contribution in [3.05, 3.63) is 29.6 Å². The number of fused-ring (bicyclic) bond motifs is 1. The zero-order valence-electron chi connectivity index (χ0n) is 19.2. The van der Waals surface area contributed by atoms with Crippen molar-refractivity contribution in [3.8, 4) is 0 Å². The molecule has 1 aromatic carbocycles. The minimum Gasteiger partial charge on any atom is -0.391 e. The summed E-state index contributed by atoms with van der Waals surface area (Å²) in [7, 11) is 0. The van der Waals surface area contributed by atoms with E-state index in [1.54, 1.807) is 0 Å². The number of aliphatic imine (C=N–C) groups is 1. The third-order valence-corrected chi connectivity index (χ3v) is 6.09. The molecule has 1 fully saturated rings. The summed E-state index contributed by atoms with van der Waals surface area (Å²) >= 11 is 0. The van der Waals surface area contributed by atoms with E-state index in [9.17, 15) is 9.90 Å². The van der Waals surface area contributed by atoms with E-state index in [1.165, 1.54) is 0 Å². The molecule has 32 heavy (non-hydrogen) atoms. The topological polar surface area (TPSA) is 112 Å². The number of carbonyl (C=O) groups excluding carboxylic acids is 1. The highest BCUT2D eigenvalue weighted by molar-refractivity contribution is 5.96. The second kappa shape index (κ2) is 9.81. The number of nitrogens with one attached hydrogen (secondary N) is 3. The third-order valence-electron chi connectivity index (χ3n) is 6.09. The first-order valence-corrected chi connectivity index (χ1v) is 11.7. The summed E-state index contributed by atoms with van der Waals surface area (Å²) in [6, 6.07) is 6.36. The van der Waals surface area contributed by atoms with E-state index in [1.807, 2.05) is 19.1 Å². The molecule has 0 bridgehead atoms. The van der Waals surface area contributed by atoms with Gasteiger partial charge in [0.25, 0.3) is 5.91 Å². The highest BCUT2D eigenvalue weighted by atomic mass is 16.3. The number of rotatable bonds is 6. The summed E-state index contributed by atoms with van der Waals surface area (Å²) in [5.74, 6) is 1.87. The smallest absolute Gasteiger partial charge is 0.289 e. The van der Waals surface area contributed by atoms with Crippen LogP contribution < -0.4 is 16.0 Å². The van der Waals surface area contributed by atoms with E-state index in [2.05, 4.69) is 50.8 Å². The van der Waals surface area contributed by atoms with E-state index in [-0.39, 0.29) is 29.9 Å². The van der Waals surface area contributed by atoms with Gasteiger partial charge in [-0.3, -0.25) is 9.79 Å². The number of carbonyl (C=O) groups is 1. The zero-order chi connectivity index (χ0) is 22.7. The second-order valence-electron chi connectivity index (χ2n) is 9.45. The molecular formula is C24H34N6O2. The number of hydrogen-bond donors (Lipinski definition) is 4. The lowest BCUT2D eigenvalue weighted by atomic mass is 9.90. The molecular weight excluding hydrogens is 404 g/mol. The fourth-order valence-electron chi connectivity index (χ4n) is 4.37. The van der Waals surface area contributed by atoms with Gasteiger partial charge in [-0.05, 0) is 37.8 Å². The Morgan fingerprint density at radius 1 is 1.16 bits per heavy atom. The minimum absolute atomic E-state index is 0.148. The van der Waals surface area contributed by atoms with Gasteiger partial charge in [0.15, 0.2) is 0 Å². The molecule has 0 radical (unpaired) electrons. The van der Waals surface area contributed by atoms with Crippen LogP contribution in [0.3, 0.4) is 0 Å². The van der Waals surface area contributed by atoms with Crippen LogP contribution in [-0.2, 0) is 0 Å². The Labute approximate surface area is 189 Å². The lowest BCUT2D eigenvalue weighted by Gasteiger charge is -2.34. The van der Waals surface area contributed by atoms with E-state index >= 15 is 0 Å². The average molecular weight is 439 g/mol. The highest BCUT2D eigenvalue weighted by Gasteiger charge is 2.29. The summed E-state index contributed by atoms with van der Waals surface area (Å²) in [5.41, 5.74) is 1.88. The number of aryl methyl sites for hydroxylation is 1. The Balaban J connectivity index is 1.60. The number of amides is 1. The lowest BCUT2D eigenvalue weighted by Crippen LogP contribution is -2.48. The van der Waals surface area contributed by atoms with Crippen LogP contribution in [0.1, 0.15) is 62.1 Å². The van der Waals surface area contributed by atoms with Gasteiger partial charge in [-0.1, -0.05) is 38.3 Å². The highest BCUT2D eigenvalue weighted by Crippen LogP contribution is 2.27. The van der Waals surface area contributed by atoms with Crippen molar-refractivity contribution < 1.29 is 9.90 Å². The molecule has 2 aliphatic rings. The fourth-order valence-corrected chi connectivity index (χ4v) is 4.37. The summed E-state index contributed by atoms with van der Waals surface area (Å²) in [6.45, 7) is 7.21. The van der Waals surface area contributed by atoms with Gasteiger partial charge in [-0.25, -0.2) is 9.97 Å². The lowest BCUT2D eigenvalue weighted by molar-refractivity contribution is 0.0939. The van der Waals surface area contributed by atoms with Crippen molar-refractivity contribution in [1.29, 1.82) is 0 Å². The van der Waals surface area contributed by atoms with Gasteiger partial charge < -0.3 is 21.1 Å². The molecule has 2 heterocycles. The Kier molecular flexibility index (Phi) is 6.89. The molecule has 8 heteroatoms. The Morgan fingerprint density at radius 2 is 1.91 bits per heavy atom. The number of anilines is 1. The molecule has 0 unspecified atom stereocenters. The van der Waals surface area contributed by atoms with Crippen LogP contribution in [0.15, 0.2) is 23.2 Å². The van der Waals surface area contributed by atoms with E-state index in [0.29, 0.717) is 31.2 Å². The second-order valence-corrected chi connectivity index (χ2v) is 9.45. The first-order chi connectivity index (χ1) is 15.4. The van der Waals surface area contributed by atoms with Crippen LogP contribution in [0.25, 0.3) is 10.9 Å². The summed E-state index contributed by atoms with van der Waals surface area (Å²) in [4.78, 5) is 26.3. The number of aliphatic hydroxyl groups is 1. The van der Waals surface area contributed by atoms with Crippen LogP contribution in [-0.4, -0.2) is 58.1 Å². The van der Waals surface area contributed by atoms with Crippen molar-refractivity contribution in [1.82, 2.24) is 20.6 Å². The van der Waals surface area contributed by atoms with Crippen molar-refractivity contribution in [2.75, 3.05) is 18.4 Å². The van der Waals surface area contributed by atoms with Crippen LogP contribution in [0, 0.1) is 12.8 Å². The SMILES string of the molecule is Cc1ccc2nc(C(=O)NCC(C)C)nc(N[C@H]3CCCC[C@H]3NC3=NC[C@@H](O)C3)c2c1. The van der Waals surface area contributed by atoms with Crippen LogP contribution in [0.2, 0.25) is 0 Å². The summed E-state index contributed by atoms with van der Waals surface area (Å²) in [5, 5.41) is 20.8. The maximum absolute atomic E-state index is 12.7. The van der Waals surface area contributed by atoms with Crippen LogP contribution in [0.4, 0.5) is 5.82 Å². The fraction of sp³-hybridized carbons (Fsp3) is 0.583.